The molecule has 3 N–H and O–H groups in total. The lowest BCUT2D eigenvalue weighted by atomic mass is 9.94. The van der Waals surface area contributed by atoms with Crippen molar-refractivity contribution in [1.82, 2.24) is 10.2 Å². The second-order valence-corrected chi connectivity index (χ2v) is 9.18. The topological polar surface area (TPSA) is 67.6 Å². The molecular formula is C24H36F3N3O2. The number of carbonyl (C=O) groups excluding carboxylic acids is 1. The number of alkyl halides is 3. The first-order chi connectivity index (χ1) is 15.2. The van der Waals surface area contributed by atoms with Crippen molar-refractivity contribution in [3.63, 3.8) is 0 Å². The van der Waals surface area contributed by atoms with Gasteiger partial charge in [0.1, 0.15) is 0 Å². The van der Waals surface area contributed by atoms with Gasteiger partial charge in [0, 0.05) is 50.0 Å². The van der Waals surface area contributed by atoms with Crippen LogP contribution < -0.4 is 11.1 Å². The molecule has 2 atom stereocenters. The Hall–Kier alpha value is -1.80. The van der Waals surface area contributed by atoms with Gasteiger partial charge in [-0.3, -0.25) is 4.79 Å². The molecule has 1 saturated heterocycles. The van der Waals surface area contributed by atoms with Crippen LogP contribution in [0.5, 0.6) is 0 Å². The maximum absolute atomic E-state index is 13.1. The average molecular weight is 456 g/mol. The van der Waals surface area contributed by atoms with Crippen molar-refractivity contribution in [3.8, 4) is 0 Å². The van der Waals surface area contributed by atoms with Gasteiger partial charge in [-0.05, 0) is 61.8 Å². The molecule has 5 nitrogen and oxygen atoms in total. The minimum Gasteiger partial charge on any atom is -0.398 e. The van der Waals surface area contributed by atoms with Gasteiger partial charge < -0.3 is 20.7 Å². The minimum absolute atomic E-state index is 0.0583. The van der Waals surface area contributed by atoms with Crippen LogP contribution in [-0.4, -0.2) is 42.6 Å². The molecule has 0 aromatic heterocycles. The number of carbonyl (C=O) groups is 1. The molecule has 2 aliphatic heterocycles. The molecule has 1 aromatic rings. The summed E-state index contributed by atoms with van der Waals surface area (Å²) >= 11 is 0. The van der Waals surface area contributed by atoms with E-state index in [1.54, 1.807) is 4.90 Å². The van der Waals surface area contributed by atoms with Gasteiger partial charge in [0.05, 0.1) is 5.56 Å². The quantitative estimate of drug-likeness (QED) is 0.658. The fourth-order valence-corrected chi connectivity index (χ4v) is 4.90. The zero-order valence-corrected chi connectivity index (χ0v) is 19.1. The zero-order valence-electron chi connectivity index (χ0n) is 19.1. The Morgan fingerprint density at radius 2 is 1.84 bits per heavy atom. The predicted octanol–water partition coefficient (Wildman–Crippen LogP) is 4.53. The number of nitrogens with zero attached hydrogens (tertiary/aromatic N) is 1. The van der Waals surface area contributed by atoms with E-state index >= 15 is 0 Å². The maximum atomic E-state index is 13.1. The van der Waals surface area contributed by atoms with Crippen LogP contribution in [0.3, 0.4) is 0 Å². The third-order valence-electron chi connectivity index (χ3n) is 6.48. The van der Waals surface area contributed by atoms with E-state index in [2.05, 4.69) is 19.2 Å². The predicted molar refractivity (Wildman–Crippen MR) is 119 cm³/mol. The number of rotatable bonds is 3. The summed E-state index contributed by atoms with van der Waals surface area (Å²) in [5.41, 5.74) is 6.56. The van der Waals surface area contributed by atoms with Gasteiger partial charge in [-0.2, -0.15) is 13.2 Å². The van der Waals surface area contributed by atoms with E-state index in [1.807, 2.05) is 0 Å². The molecule has 1 aliphatic carbocycles. The number of amides is 1. The highest BCUT2D eigenvalue weighted by molar-refractivity contribution is 5.79. The number of anilines is 1. The van der Waals surface area contributed by atoms with Crippen molar-refractivity contribution in [2.45, 2.75) is 83.6 Å². The summed E-state index contributed by atoms with van der Waals surface area (Å²) in [5.74, 6) is -0.0000491. The summed E-state index contributed by atoms with van der Waals surface area (Å²) in [6, 6.07) is 2.93. The fraction of sp³-hybridized carbons (Fsp3) is 0.708. The lowest BCUT2D eigenvalue weighted by molar-refractivity contribution is -0.137. The SMILES string of the molecule is CCC.Nc1cc(C(F)(F)F)cc2c1CCN(C(=O)[C@H]1CCC(NC3CCOCC3)C1)C2. The Balaban J connectivity index is 0.000000913. The number of benzene rings is 1. The Morgan fingerprint density at radius 1 is 1.16 bits per heavy atom. The first-order valence-electron chi connectivity index (χ1n) is 11.8. The molecular weight excluding hydrogens is 419 g/mol. The molecule has 1 amide bonds. The number of halogens is 3. The second kappa shape index (κ2) is 10.9. The van der Waals surface area contributed by atoms with Crippen molar-refractivity contribution in [1.29, 1.82) is 0 Å². The molecule has 32 heavy (non-hydrogen) atoms. The van der Waals surface area contributed by atoms with E-state index in [0.29, 0.717) is 30.6 Å². The number of nitrogens with two attached hydrogens (primary N) is 1. The molecule has 1 unspecified atom stereocenters. The largest absolute Gasteiger partial charge is 0.416 e. The summed E-state index contributed by atoms with van der Waals surface area (Å²) in [5, 5.41) is 3.66. The molecule has 2 heterocycles. The molecule has 1 saturated carbocycles. The van der Waals surface area contributed by atoms with Gasteiger partial charge in [0.15, 0.2) is 0 Å². The normalized spacial score (nSPS) is 24.0. The zero-order chi connectivity index (χ0) is 23.3. The summed E-state index contributed by atoms with van der Waals surface area (Å²) < 4.78 is 44.8. The smallest absolute Gasteiger partial charge is 0.398 e. The summed E-state index contributed by atoms with van der Waals surface area (Å²) in [7, 11) is 0. The molecule has 0 bridgehead atoms. The highest BCUT2D eigenvalue weighted by Crippen LogP contribution is 2.36. The summed E-state index contributed by atoms with van der Waals surface area (Å²) in [6.45, 7) is 6.53. The standard InChI is InChI=1S/C21H28F3N3O2.C3H8/c22-21(23,24)15-9-14-12-27(6-3-18(14)19(25)11-15)20(28)13-1-2-17(10-13)26-16-4-7-29-8-5-16;1-3-2/h9,11,13,16-17,26H,1-8,10,12,25H2;3H2,1-2H3/t13-,17?;/m0./s1. The lowest BCUT2D eigenvalue weighted by Gasteiger charge is -2.32. The van der Waals surface area contributed by atoms with Crippen LogP contribution in [-0.2, 0) is 28.7 Å². The number of nitrogen functional groups attached to an aromatic ring is 1. The monoisotopic (exact) mass is 455 g/mol. The molecule has 8 heteroatoms. The molecule has 4 rings (SSSR count). The lowest BCUT2D eigenvalue weighted by Crippen LogP contribution is -2.42. The van der Waals surface area contributed by atoms with E-state index in [9.17, 15) is 18.0 Å². The first-order valence-corrected chi connectivity index (χ1v) is 11.8. The van der Waals surface area contributed by atoms with Crippen LogP contribution in [0.15, 0.2) is 12.1 Å². The second-order valence-electron chi connectivity index (χ2n) is 9.18. The van der Waals surface area contributed by atoms with Gasteiger partial charge in [0.25, 0.3) is 0 Å². The maximum Gasteiger partial charge on any atom is 0.416 e. The van der Waals surface area contributed by atoms with Gasteiger partial charge in [-0.25, -0.2) is 0 Å². The first kappa shape index (κ1) is 24.8. The van der Waals surface area contributed by atoms with E-state index in [-0.39, 0.29) is 24.1 Å². The van der Waals surface area contributed by atoms with Crippen LogP contribution in [0, 0.1) is 5.92 Å². The highest BCUT2D eigenvalue weighted by Gasteiger charge is 2.36. The van der Waals surface area contributed by atoms with Gasteiger partial charge in [-0.15, -0.1) is 0 Å². The van der Waals surface area contributed by atoms with Gasteiger partial charge in [-0.1, -0.05) is 20.3 Å². The molecule has 1 aromatic carbocycles. The average Bonchev–Trinajstić information content (AvgIpc) is 3.22. The molecule has 3 aliphatic rings. The summed E-state index contributed by atoms with van der Waals surface area (Å²) in [6.07, 6.45) is 1.90. The van der Waals surface area contributed by atoms with E-state index in [4.69, 9.17) is 10.5 Å². The Morgan fingerprint density at radius 3 is 2.50 bits per heavy atom. The van der Waals surface area contributed by atoms with Crippen LogP contribution >= 0.6 is 0 Å². The number of nitrogens with one attached hydrogen (secondary N) is 1. The molecule has 180 valence electrons. The van der Waals surface area contributed by atoms with Gasteiger partial charge in [0.2, 0.25) is 5.91 Å². The van der Waals surface area contributed by atoms with Gasteiger partial charge >= 0.3 is 6.18 Å². The van der Waals surface area contributed by atoms with Crippen molar-refractivity contribution >= 4 is 11.6 Å². The van der Waals surface area contributed by atoms with E-state index in [0.717, 1.165) is 63.0 Å². The highest BCUT2D eigenvalue weighted by atomic mass is 19.4. The molecule has 0 radical (unpaired) electrons. The molecule has 0 spiro atoms. The van der Waals surface area contributed by atoms with Crippen LogP contribution in [0.2, 0.25) is 0 Å². The van der Waals surface area contributed by atoms with E-state index < -0.39 is 11.7 Å². The Kier molecular flexibility index (Phi) is 8.44. The number of hydrogen-bond acceptors (Lipinski definition) is 4. The number of fused-ring (bicyclic) bond motifs is 1. The van der Waals surface area contributed by atoms with Crippen LogP contribution in [0.1, 0.15) is 69.1 Å². The van der Waals surface area contributed by atoms with Crippen LogP contribution in [0.25, 0.3) is 0 Å². The Bertz CT molecular complexity index is 778. The van der Waals surface area contributed by atoms with E-state index in [1.165, 1.54) is 6.42 Å². The summed E-state index contributed by atoms with van der Waals surface area (Å²) in [4.78, 5) is 14.8. The van der Waals surface area contributed by atoms with Crippen molar-refractivity contribution in [3.05, 3.63) is 28.8 Å². The number of hydrogen-bond donors (Lipinski definition) is 2. The minimum atomic E-state index is -4.44. The third kappa shape index (κ3) is 6.16. The Labute approximate surface area is 188 Å². The van der Waals surface area contributed by atoms with Crippen LogP contribution in [0.4, 0.5) is 18.9 Å². The fourth-order valence-electron chi connectivity index (χ4n) is 4.90. The van der Waals surface area contributed by atoms with Crippen molar-refractivity contribution in [2.75, 3.05) is 25.5 Å². The van der Waals surface area contributed by atoms with Crippen molar-refractivity contribution < 1.29 is 22.7 Å². The van der Waals surface area contributed by atoms with Crippen molar-refractivity contribution in [2.24, 2.45) is 5.92 Å². The molecule has 2 fully saturated rings. The number of ether oxygens (including phenoxy) is 1. The third-order valence-corrected chi connectivity index (χ3v) is 6.48.